The summed E-state index contributed by atoms with van der Waals surface area (Å²) < 4.78 is 0. The zero-order valence-corrected chi connectivity index (χ0v) is 7.62. The number of rotatable bonds is 2. The molecule has 0 spiro atoms. The first-order chi connectivity index (χ1) is 6.15. The van der Waals surface area contributed by atoms with Crippen molar-refractivity contribution in [3.05, 3.63) is 33.4 Å². The Bertz CT molecular complexity index is 400. The van der Waals surface area contributed by atoms with Crippen molar-refractivity contribution in [3.63, 3.8) is 0 Å². The smallest absolute Gasteiger partial charge is 0.271 e. The molecular formula is C6H2Cl2N4O. The third-order valence-corrected chi connectivity index (χ3v) is 1.56. The number of halogens is 2. The van der Waals surface area contributed by atoms with E-state index in [1.807, 2.05) is 0 Å². The Hall–Kier alpha value is -1.29. The van der Waals surface area contributed by atoms with E-state index in [0.29, 0.717) is 0 Å². The van der Waals surface area contributed by atoms with Gasteiger partial charge in [0.15, 0.2) is 0 Å². The van der Waals surface area contributed by atoms with E-state index in [4.69, 9.17) is 28.7 Å². The van der Waals surface area contributed by atoms with Crippen LogP contribution in [-0.4, -0.2) is 10.2 Å². The molecule has 0 radical (unpaired) electrons. The van der Waals surface area contributed by atoms with Crippen LogP contribution in [0.25, 0.3) is 10.4 Å². The van der Waals surface area contributed by atoms with E-state index in [1.54, 1.807) is 0 Å². The molecule has 1 heterocycles. The van der Waals surface area contributed by atoms with E-state index >= 15 is 0 Å². The summed E-state index contributed by atoms with van der Waals surface area (Å²) in [6, 6.07) is 1.31. The van der Waals surface area contributed by atoms with Gasteiger partial charge >= 0.3 is 0 Å². The van der Waals surface area contributed by atoms with Crippen LogP contribution in [0.15, 0.2) is 17.4 Å². The quantitative estimate of drug-likeness (QED) is 0.330. The number of pyridine rings is 1. The summed E-state index contributed by atoms with van der Waals surface area (Å²) in [6.45, 7) is 0. The molecule has 0 fully saturated rings. The maximum absolute atomic E-state index is 10.7. The van der Waals surface area contributed by atoms with E-state index in [9.17, 15) is 4.79 Å². The van der Waals surface area contributed by atoms with Crippen LogP contribution < -0.4 is 0 Å². The second-order valence-electron chi connectivity index (χ2n) is 1.98. The summed E-state index contributed by atoms with van der Waals surface area (Å²) in [5, 5.41) is 2.69. The molecule has 0 N–H and O–H groups in total. The number of azide groups is 1. The molecule has 0 aliphatic rings. The van der Waals surface area contributed by atoms with Crippen molar-refractivity contribution in [2.24, 2.45) is 5.11 Å². The second-order valence-corrected chi connectivity index (χ2v) is 2.76. The van der Waals surface area contributed by atoms with Crippen molar-refractivity contribution in [3.8, 4) is 0 Å². The first-order valence-electron chi connectivity index (χ1n) is 3.05. The molecule has 0 bridgehead atoms. The van der Waals surface area contributed by atoms with Crippen LogP contribution in [0.2, 0.25) is 5.02 Å². The van der Waals surface area contributed by atoms with Crippen LogP contribution in [0.1, 0.15) is 10.5 Å². The van der Waals surface area contributed by atoms with Gasteiger partial charge in [-0.05, 0) is 23.2 Å². The van der Waals surface area contributed by atoms with Gasteiger partial charge in [0.25, 0.3) is 5.24 Å². The second kappa shape index (κ2) is 4.09. The summed E-state index contributed by atoms with van der Waals surface area (Å²) in [6.07, 6.45) is 1.24. The molecule has 0 aromatic carbocycles. The van der Waals surface area contributed by atoms with Gasteiger partial charge < -0.3 is 0 Å². The molecule has 0 saturated heterocycles. The topological polar surface area (TPSA) is 78.7 Å². The summed E-state index contributed by atoms with van der Waals surface area (Å²) in [4.78, 5) is 16.9. The first kappa shape index (κ1) is 9.80. The third-order valence-electron chi connectivity index (χ3n) is 1.17. The fraction of sp³-hybridized carbons (Fsp3) is 0. The largest absolute Gasteiger partial charge is 0.274 e. The molecule has 13 heavy (non-hydrogen) atoms. The summed E-state index contributed by atoms with van der Waals surface area (Å²) in [7, 11) is 0. The average molecular weight is 217 g/mol. The van der Waals surface area contributed by atoms with Crippen molar-refractivity contribution in [2.45, 2.75) is 0 Å². The molecule has 1 aromatic rings. The number of nitrogens with zero attached hydrogens (tertiary/aromatic N) is 4. The van der Waals surface area contributed by atoms with Crippen molar-refractivity contribution in [2.75, 3.05) is 0 Å². The Morgan fingerprint density at radius 1 is 1.69 bits per heavy atom. The molecule has 0 atom stereocenters. The van der Waals surface area contributed by atoms with E-state index in [-0.39, 0.29) is 16.4 Å². The normalized spacial score (nSPS) is 9.08. The highest BCUT2D eigenvalue weighted by Crippen LogP contribution is 2.22. The van der Waals surface area contributed by atoms with Crippen molar-refractivity contribution in [1.82, 2.24) is 4.98 Å². The lowest BCUT2D eigenvalue weighted by Gasteiger charge is -1.97. The highest BCUT2D eigenvalue weighted by molar-refractivity contribution is 6.68. The van der Waals surface area contributed by atoms with Crippen LogP contribution in [-0.2, 0) is 0 Å². The molecule has 1 aromatic heterocycles. The standard InChI is InChI=1S/C6H2Cl2N4O/c7-3-1-4(11-12-9)5(6(8)13)10-2-3/h1-2H. The van der Waals surface area contributed by atoms with Crippen LogP contribution in [0.4, 0.5) is 5.69 Å². The Morgan fingerprint density at radius 2 is 2.38 bits per heavy atom. The van der Waals surface area contributed by atoms with Gasteiger partial charge in [-0.2, -0.15) is 0 Å². The Labute approximate surface area is 82.9 Å². The molecule has 0 amide bonds. The molecule has 0 aliphatic heterocycles. The minimum absolute atomic E-state index is 0.0231. The molecule has 5 nitrogen and oxygen atoms in total. The number of hydrogen-bond donors (Lipinski definition) is 0. The maximum Gasteiger partial charge on any atom is 0.271 e. The van der Waals surface area contributed by atoms with Crippen LogP contribution in [0, 0.1) is 0 Å². The van der Waals surface area contributed by atoms with E-state index < -0.39 is 5.24 Å². The van der Waals surface area contributed by atoms with Gasteiger partial charge in [-0.3, -0.25) is 4.79 Å². The SMILES string of the molecule is [N-]=[N+]=Nc1cc(Cl)cnc1C(=O)Cl. The monoisotopic (exact) mass is 216 g/mol. The van der Waals surface area contributed by atoms with Gasteiger partial charge in [-0.1, -0.05) is 16.7 Å². The fourth-order valence-corrected chi connectivity index (χ4v) is 1.00. The Balaban J connectivity index is 3.34. The van der Waals surface area contributed by atoms with Crippen molar-refractivity contribution < 1.29 is 4.79 Å². The number of hydrogen-bond acceptors (Lipinski definition) is 3. The van der Waals surface area contributed by atoms with E-state index in [1.165, 1.54) is 12.3 Å². The van der Waals surface area contributed by atoms with Gasteiger partial charge in [-0.25, -0.2) is 4.98 Å². The first-order valence-corrected chi connectivity index (χ1v) is 3.81. The molecule has 7 heteroatoms. The molecule has 0 aliphatic carbocycles. The van der Waals surface area contributed by atoms with Gasteiger partial charge in [0.05, 0.1) is 10.7 Å². The summed E-state index contributed by atoms with van der Waals surface area (Å²) >= 11 is 10.7. The molecular weight excluding hydrogens is 215 g/mol. The predicted molar refractivity (Wildman–Crippen MR) is 48.2 cm³/mol. The minimum atomic E-state index is -0.793. The number of carbonyl (C=O) groups excluding carboxylic acids is 1. The summed E-state index contributed by atoms with van der Waals surface area (Å²) in [5.74, 6) is 0. The van der Waals surface area contributed by atoms with Gasteiger partial charge in [0.1, 0.15) is 5.69 Å². The van der Waals surface area contributed by atoms with Crippen molar-refractivity contribution >= 4 is 34.1 Å². The predicted octanol–water partition coefficient (Wildman–Crippen LogP) is 3.06. The lowest BCUT2D eigenvalue weighted by molar-refractivity contribution is 0.107. The fourth-order valence-electron chi connectivity index (χ4n) is 0.704. The van der Waals surface area contributed by atoms with Gasteiger partial charge in [-0.15, -0.1) is 0 Å². The lowest BCUT2D eigenvalue weighted by atomic mass is 10.3. The van der Waals surface area contributed by atoms with E-state index in [0.717, 1.165) is 0 Å². The molecule has 1 rings (SSSR count). The average Bonchev–Trinajstić information content (AvgIpc) is 2.04. The van der Waals surface area contributed by atoms with Gasteiger partial charge in [0.2, 0.25) is 0 Å². The molecule has 66 valence electrons. The number of carbonyl (C=O) groups is 1. The minimum Gasteiger partial charge on any atom is -0.274 e. The highest BCUT2D eigenvalue weighted by atomic mass is 35.5. The zero-order chi connectivity index (χ0) is 9.84. The zero-order valence-electron chi connectivity index (χ0n) is 6.11. The molecule has 0 saturated carbocycles. The van der Waals surface area contributed by atoms with E-state index in [2.05, 4.69) is 15.0 Å². The summed E-state index contributed by atoms with van der Waals surface area (Å²) in [5.41, 5.74) is 8.07. The van der Waals surface area contributed by atoms with Crippen LogP contribution in [0.3, 0.4) is 0 Å². The number of aromatic nitrogens is 1. The Morgan fingerprint density at radius 3 is 2.92 bits per heavy atom. The molecule has 0 unspecified atom stereocenters. The Kier molecular flexibility index (Phi) is 3.08. The van der Waals surface area contributed by atoms with Gasteiger partial charge in [0, 0.05) is 11.1 Å². The maximum atomic E-state index is 10.7. The van der Waals surface area contributed by atoms with Crippen LogP contribution >= 0.6 is 23.2 Å². The highest BCUT2D eigenvalue weighted by Gasteiger charge is 2.09. The van der Waals surface area contributed by atoms with Crippen LogP contribution in [0.5, 0.6) is 0 Å². The third kappa shape index (κ3) is 2.32. The lowest BCUT2D eigenvalue weighted by Crippen LogP contribution is -1.93. The van der Waals surface area contributed by atoms with Crippen molar-refractivity contribution in [1.29, 1.82) is 0 Å².